The second-order valence-corrected chi connectivity index (χ2v) is 6.14. The second kappa shape index (κ2) is 6.02. The molecule has 1 N–H and O–H groups in total. The van der Waals surface area contributed by atoms with Gasteiger partial charge < -0.3 is 0 Å². The molecule has 0 heterocycles. The standard InChI is InChI=1S/C14H13NO5S/c16-15(17)13-8-4-7-12(10-13)14(21(18,19)20)9-11-5-2-1-3-6-11/h1-8,10,14H,9H2,(H,18,19,20). The monoisotopic (exact) mass is 307 g/mol. The fourth-order valence-corrected chi connectivity index (χ4v) is 2.96. The van der Waals surface area contributed by atoms with Gasteiger partial charge in [0, 0.05) is 12.1 Å². The van der Waals surface area contributed by atoms with Crippen molar-refractivity contribution in [1.29, 1.82) is 0 Å². The molecule has 0 aromatic heterocycles. The zero-order valence-electron chi connectivity index (χ0n) is 10.9. The fraction of sp³-hybridized carbons (Fsp3) is 0.143. The maximum Gasteiger partial charge on any atom is 0.272 e. The van der Waals surface area contributed by atoms with E-state index in [2.05, 4.69) is 0 Å². The van der Waals surface area contributed by atoms with Crippen molar-refractivity contribution < 1.29 is 17.9 Å². The highest BCUT2D eigenvalue weighted by Gasteiger charge is 2.26. The third-order valence-electron chi connectivity index (χ3n) is 3.08. The highest BCUT2D eigenvalue weighted by molar-refractivity contribution is 7.86. The van der Waals surface area contributed by atoms with Gasteiger partial charge in [0.15, 0.2) is 0 Å². The van der Waals surface area contributed by atoms with Crippen molar-refractivity contribution in [3.63, 3.8) is 0 Å². The molecule has 1 unspecified atom stereocenters. The normalized spacial score (nSPS) is 12.8. The fourth-order valence-electron chi connectivity index (χ4n) is 2.06. The first-order valence-electron chi connectivity index (χ1n) is 6.12. The lowest BCUT2D eigenvalue weighted by Gasteiger charge is -2.14. The van der Waals surface area contributed by atoms with E-state index in [1.165, 1.54) is 24.3 Å². The van der Waals surface area contributed by atoms with Gasteiger partial charge in [0.1, 0.15) is 5.25 Å². The number of nitro benzene ring substituents is 1. The number of nitrogens with zero attached hydrogens (tertiary/aromatic N) is 1. The molecule has 21 heavy (non-hydrogen) atoms. The zero-order valence-corrected chi connectivity index (χ0v) is 11.7. The van der Waals surface area contributed by atoms with Crippen molar-refractivity contribution in [2.24, 2.45) is 0 Å². The Hall–Kier alpha value is -2.25. The van der Waals surface area contributed by atoms with Gasteiger partial charge in [-0.2, -0.15) is 8.42 Å². The van der Waals surface area contributed by atoms with Crippen molar-refractivity contribution in [3.8, 4) is 0 Å². The first-order valence-corrected chi connectivity index (χ1v) is 7.63. The van der Waals surface area contributed by atoms with Crippen molar-refractivity contribution in [1.82, 2.24) is 0 Å². The van der Waals surface area contributed by atoms with E-state index < -0.39 is 20.3 Å². The molecule has 0 fully saturated rings. The molecule has 0 amide bonds. The smallest absolute Gasteiger partial charge is 0.272 e. The number of rotatable bonds is 5. The van der Waals surface area contributed by atoms with E-state index in [9.17, 15) is 23.1 Å². The Morgan fingerprint density at radius 2 is 1.76 bits per heavy atom. The molecule has 0 saturated heterocycles. The summed E-state index contributed by atoms with van der Waals surface area (Å²) < 4.78 is 32.6. The van der Waals surface area contributed by atoms with Gasteiger partial charge >= 0.3 is 0 Å². The molecule has 1 atom stereocenters. The summed E-state index contributed by atoms with van der Waals surface area (Å²) >= 11 is 0. The van der Waals surface area contributed by atoms with Crippen LogP contribution >= 0.6 is 0 Å². The molecular weight excluding hydrogens is 294 g/mol. The Labute approximate surface area is 121 Å². The SMILES string of the molecule is O=[N+]([O-])c1cccc(C(Cc2ccccc2)S(=O)(=O)O)c1. The van der Waals surface area contributed by atoms with Crippen molar-refractivity contribution in [2.75, 3.05) is 0 Å². The summed E-state index contributed by atoms with van der Waals surface area (Å²) in [5.41, 5.74) is 0.691. The molecule has 0 saturated carbocycles. The van der Waals surface area contributed by atoms with Crippen LogP contribution in [0.5, 0.6) is 0 Å². The van der Waals surface area contributed by atoms with E-state index in [4.69, 9.17) is 0 Å². The Bertz CT molecular complexity index is 743. The lowest BCUT2D eigenvalue weighted by Crippen LogP contribution is -2.15. The number of non-ortho nitro benzene ring substituents is 1. The second-order valence-electron chi connectivity index (χ2n) is 4.55. The molecule has 0 aliphatic carbocycles. The predicted molar refractivity (Wildman–Crippen MR) is 77.5 cm³/mol. The Kier molecular flexibility index (Phi) is 4.35. The maximum absolute atomic E-state index is 11.6. The molecule has 0 bridgehead atoms. The van der Waals surface area contributed by atoms with Crippen LogP contribution in [0.4, 0.5) is 5.69 Å². The van der Waals surface area contributed by atoms with Gasteiger partial charge in [-0.1, -0.05) is 42.5 Å². The highest BCUT2D eigenvalue weighted by Crippen LogP contribution is 2.28. The minimum Gasteiger partial charge on any atom is -0.285 e. The number of hydrogen-bond acceptors (Lipinski definition) is 4. The van der Waals surface area contributed by atoms with Gasteiger partial charge in [0.2, 0.25) is 0 Å². The Balaban J connectivity index is 2.42. The molecule has 0 radical (unpaired) electrons. The molecule has 0 spiro atoms. The molecule has 2 aromatic rings. The van der Waals surface area contributed by atoms with Crippen LogP contribution < -0.4 is 0 Å². The van der Waals surface area contributed by atoms with Crippen LogP contribution in [0.15, 0.2) is 54.6 Å². The summed E-state index contributed by atoms with van der Waals surface area (Å²) in [6, 6.07) is 14.1. The predicted octanol–water partition coefficient (Wildman–Crippen LogP) is 2.77. The molecular formula is C14H13NO5S. The summed E-state index contributed by atoms with van der Waals surface area (Å²) in [4.78, 5) is 10.2. The van der Waals surface area contributed by atoms with Gasteiger partial charge in [-0.15, -0.1) is 0 Å². The first kappa shape index (κ1) is 15.1. The molecule has 2 aromatic carbocycles. The summed E-state index contributed by atoms with van der Waals surface area (Å²) in [5, 5.41) is 9.54. The molecule has 0 aliphatic heterocycles. The van der Waals surface area contributed by atoms with Gasteiger partial charge in [0.05, 0.1) is 4.92 Å². The first-order chi connectivity index (χ1) is 9.88. The van der Waals surface area contributed by atoms with E-state index in [0.29, 0.717) is 5.56 Å². The van der Waals surface area contributed by atoms with Crippen molar-refractivity contribution in [3.05, 3.63) is 75.8 Å². The van der Waals surface area contributed by atoms with E-state index in [0.717, 1.165) is 0 Å². The largest absolute Gasteiger partial charge is 0.285 e. The van der Waals surface area contributed by atoms with Crippen LogP contribution in [0.1, 0.15) is 16.4 Å². The topological polar surface area (TPSA) is 97.5 Å². The van der Waals surface area contributed by atoms with Gasteiger partial charge in [0.25, 0.3) is 15.8 Å². The molecule has 0 aliphatic rings. The average molecular weight is 307 g/mol. The maximum atomic E-state index is 11.6. The van der Waals surface area contributed by atoms with Gasteiger partial charge in [-0.05, 0) is 17.5 Å². The quantitative estimate of drug-likeness (QED) is 0.520. The molecule has 110 valence electrons. The molecule has 2 rings (SSSR count). The van der Waals surface area contributed by atoms with E-state index >= 15 is 0 Å². The van der Waals surface area contributed by atoms with Crippen LogP contribution in [0.2, 0.25) is 0 Å². The minimum absolute atomic E-state index is 0.0425. The van der Waals surface area contributed by atoms with Crippen molar-refractivity contribution >= 4 is 15.8 Å². The van der Waals surface area contributed by atoms with Crippen LogP contribution in [0.25, 0.3) is 0 Å². The van der Waals surface area contributed by atoms with Crippen LogP contribution in [0.3, 0.4) is 0 Å². The number of benzene rings is 2. The Morgan fingerprint density at radius 3 is 2.33 bits per heavy atom. The lowest BCUT2D eigenvalue weighted by molar-refractivity contribution is -0.384. The van der Waals surface area contributed by atoms with E-state index in [-0.39, 0.29) is 17.7 Å². The minimum atomic E-state index is -4.38. The lowest BCUT2D eigenvalue weighted by atomic mass is 10.0. The molecule has 6 nitrogen and oxygen atoms in total. The van der Waals surface area contributed by atoms with E-state index in [1.807, 2.05) is 0 Å². The third kappa shape index (κ3) is 3.87. The van der Waals surface area contributed by atoms with Gasteiger partial charge in [-0.25, -0.2) is 0 Å². The Morgan fingerprint density at radius 1 is 1.10 bits per heavy atom. The van der Waals surface area contributed by atoms with Crippen LogP contribution in [0, 0.1) is 10.1 Å². The highest BCUT2D eigenvalue weighted by atomic mass is 32.2. The summed E-state index contributed by atoms with van der Waals surface area (Å²) in [5.74, 6) is 0. The molecule has 7 heteroatoms. The summed E-state index contributed by atoms with van der Waals surface area (Å²) in [7, 11) is -4.38. The third-order valence-corrected chi connectivity index (χ3v) is 4.23. The van der Waals surface area contributed by atoms with Crippen molar-refractivity contribution in [2.45, 2.75) is 11.7 Å². The average Bonchev–Trinajstić information content (AvgIpc) is 2.45. The van der Waals surface area contributed by atoms with Crippen LogP contribution in [-0.2, 0) is 16.5 Å². The van der Waals surface area contributed by atoms with Crippen LogP contribution in [-0.4, -0.2) is 17.9 Å². The summed E-state index contributed by atoms with van der Waals surface area (Å²) in [6.45, 7) is 0. The number of nitro groups is 1. The van der Waals surface area contributed by atoms with E-state index in [1.54, 1.807) is 30.3 Å². The van der Waals surface area contributed by atoms with Gasteiger partial charge in [-0.3, -0.25) is 14.7 Å². The summed E-state index contributed by atoms with van der Waals surface area (Å²) in [6.07, 6.45) is 0.0425. The number of hydrogen-bond donors (Lipinski definition) is 1. The zero-order chi connectivity index (χ0) is 15.5.